The normalized spacial score (nSPS) is 28.4. The Balaban J connectivity index is 1.74. The highest BCUT2D eigenvalue weighted by Crippen LogP contribution is 2.32. The van der Waals surface area contributed by atoms with Crippen LogP contribution < -0.4 is 5.32 Å². The molecule has 3 nitrogen and oxygen atoms in total. The van der Waals surface area contributed by atoms with Gasteiger partial charge in [-0.1, -0.05) is 6.92 Å². The van der Waals surface area contributed by atoms with Crippen molar-refractivity contribution in [2.45, 2.75) is 58.9 Å². The molecule has 1 amide bonds. The molecule has 2 atom stereocenters. The third-order valence-corrected chi connectivity index (χ3v) is 5.17. The highest BCUT2D eigenvalue weighted by atomic mass is 16.1. The number of carbonyl (C=O) groups excluding carboxylic acids is 1. The molecule has 3 heteroatoms. The summed E-state index contributed by atoms with van der Waals surface area (Å²) in [7, 11) is 0. The highest BCUT2D eigenvalue weighted by Gasteiger charge is 2.28. The zero-order valence-electron chi connectivity index (χ0n) is 12.8. The van der Waals surface area contributed by atoms with Crippen LogP contribution in [0, 0.1) is 17.8 Å². The van der Waals surface area contributed by atoms with Crippen molar-refractivity contribution in [3.63, 3.8) is 0 Å². The summed E-state index contributed by atoms with van der Waals surface area (Å²) in [6.07, 6.45) is 5.95. The van der Waals surface area contributed by atoms with Crippen LogP contribution in [0.2, 0.25) is 0 Å². The summed E-state index contributed by atoms with van der Waals surface area (Å²) in [4.78, 5) is 14.1. The van der Waals surface area contributed by atoms with Gasteiger partial charge in [0.25, 0.3) is 0 Å². The smallest absolute Gasteiger partial charge is 0.220 e. The zero-order chi connectivity index (χ0) is 13.8. The predicted octanol–water partition coefficient (Wildman–Crippen LogP) is 2.66. The fourth-order valence-electron chi connectivity index (χ4n) is 3.72. The molecular weight excluding hydrogens is 236 g/mol. The Kier molecular flexibility index (Phi) is 5.26. The molecule has 0 saturated carbocycles. The molecule has 2 saturated heterocycles. The van der Waals surface area contributed by atoms with Crippen molar-refractivity contribution in [1.82, 2.24) is 10.2 Å². The van der Waals surface area contributed by atoms with Crippen molar-refractivity contribution in [2.75, 3.05) is 19.6 Å². The maximum atomic E-state index is 11.5. The fourth-order valence-corrected chi connectivity index (χ4v) is 3.72. The van der Waals surface area contributed by atoms with Crippen LogP contribution >= 0.6 is 0 Å². The number of rotatable bonds is 4. The summed E-state index contributed by atoms with van der Waals surface area (Å²) in [5, 5.41) is 2.94. The minimum Gasteiger partial charge on any atom is -0.356 e. The molecule has 2 fully saturated rings. The van der Waals surface area contributed by atoms with Crippen LogP contribution in [0.5, 0.6) is 0 Å². The summed E-state index contributed by atoms with van der Waals surface area (Å²) in [6.45, 7) is 10.4. The molecule has 2 aliphatic heterocycles. The van der Waals surface area contributed by atoms with Crippen molar-refractivity contribution in [3.8, 4) is 0 Å². The van der Waals surface area contributed by atoms with Crippen molar-refractivity contribution >= 4 is 5.91 Å². The Hall–Kier alpha value is -0.570. The molecule has 0 aromatic rings. The van der Waals surface area contributed by atoms with Crippen molar-refractivity contribution in [3.05, 3.63) is 0 Å². The van der Waals surface area contributed by atoms with Gasteiger partial charge in [0.15, 0.2) is 0 Å². The lowest BCUT2D eigenvalue weighted by molar-refractivity contribution is -0.124. The molecule has 0 aromatic heterocycles. The predicted molar refractivity (Wildman–Crippen MR) is 78.9 cm³/mol. The molecule has 2 aliphatic rings. The molecule has 0 aromatic carbocycles. The number of likely N-dealkylation sites (tertiary alicyclic amines) is 1. The Bertz CT molecular complexity index is 295. The van der Waals surface area contributed by atoms with Crippen LogP contribution in [0.1, 0.15) is 52.9 Å². The fraction of sp³-hybridized carbons (Fsp3) is 0.938. The first kappa shape index (κ1) is 14.8. The van der Waals surface area contributed by atoms with Crippen LogP contribution in [0.15, 0.2) is 0 Å². The molecule has 2 heterocycles. The van der Waals surface area contributed by atoms with Crippen molar-refractivity contribution in [2.24, 2.45) is 17.8 Å². The van der Waals surface area contributed by atoms with Gasteiger partial charge in [0.1, 0.15) is 0 Å². The highest BCUT2D eigenvalue weighted by molar-refractivity contribution is 5.76. The molecular formula is C16H30N2O. The SMILES string of the molecule is CC(CC1CCN(C(C)C)CC1)C1CCNC(=O)C1. The van der Waals surface area contributed by atoms with E-state index in [9.17, 15) is 4.79 Å². The average Bonchev–Trinajstić information content (AvgIpc) is 2.39. The number of piperidine rings is 2. The van der Waals surface area contributed by atoms with E-state index in [1.807, 2.05) is 0 Å². The third-order valence-electron chi connectivity index (χ3n) is 5.17. The van der Waals surface area contributed by atoms with Gasteiger partial charge < -0.3 is 10.2 Å². The number of hydrogen-bond acceptors (Lipinski definition) is 2. The van der Waals surface area contributed by atoms with E-state index in [0.29, 0.717) is 17.9 Å². The lowest BCUT2D eigenvalue weighted by Crippen LogP contribution is -2.40. The van der Waals surface area contributed by atoms with Crippen LogP contribution in [-0.2, 0) is 4.79 Å². The Morgan fingerprint density at radius 3 is 2.47 bits per heavy atom. The van der Waals surface area contributed by atoms with E-state index in [-0.39, 0.29) is 5.91 Å². The summed E-state index contributed by atoms with van der Waals surface area (Å²) in [5.74, 6) is 2.48. The van der Waals surface area contributed by atoms with Crippen LogP contribution in [0.3, 0.4) is 0 Å². The summed E-state index contributed by atoms with van der Waals surface area (Å²) in [6, 6.07) is 0.695. The van der Waals surface area contributed by atoms with Gasteiger partial charge in [-0.25, -0.2) is 0 Å². The Labute approximate surface area is 118 Å². The Morgan fingerprint density at radius 1 is 1.21 bits per heavy atom. The van der Waals surface area contributed by atoms with Crippen LogP contribution in [-0.4, -0.2) is 36.5 Å². The van der Waals surface area contributed by atoms with E-state index in [1.165, 1.54) is 38.8 Å². The van der Waals surface area contributed by atoms with E-state index in [4.69, 9.17) is 0 Å². The largest absolute Gasteiger partial charge is 0.356 e. The zero-order valence-corrected chi connectivity index (χ0v) is 12.8. The van der Waals surface area contributed by atoms with E-state index in [1.54, 1.807) is 0 Å². The Morgan fingerprint density at radius 2 is 1.89 bits per heavy atom. The van der Waals surface area contributed by atoms with Crippen LogP contribution in [0.4, 0.5) is 0 Å². The maximum absolute atomic E-state index is 11.5. The number of hydrogen-bond donors (Lipinski definition) is 1. The second kappa shape index (κ2) is 6.74. The molecule has 0 aliphatic carbocycles. The lowest BCUT2D eigenvalue weighted by atomic mass is 9.78. The summed E-state index contributed by atoms with van der Waals surface area (Å²) >= 11 is 0. The van der Waals surface area contributed by atoms with Gasteiger partial charge in [-0.05, 0) is 70.4 Å². The monoisotopic (exact) mass is 266 g/mol. The molecule has 1 N–H and O–H groups in total. The number of amides is 1. The van der Waals surface area contributed by atoms with Gasteiger partial charge in [-0.2, -0.15) is 0 Å². The van der Waals surface area contributed by atoms with E-state index < -0.39 is 0 Å². The van der Waals surface area contributed by atoms with E-state index >= 15 is 0 Å². The van der Waals surface area contributed by atoms with Gasteiger partial charge in [-0.3, -0.25) is 4.79 Å². The van der Waals surface area contributed by atoms with Crippen LogP contribution in [0.25, 0.3) is 0 Å². The summed E-state index contributed by atoms with van der Waals surface area (Å²) in [5.41, 5.74) is 0. The second-order valence-electron chi connectivity index (χ2n) is 6.89. The molecule has 0 spiro atoms. The first-order valence-corrected chi connectivity index (χ1v) is 8.07. The summed E-state index contributed by atoms with van der Waals surface area (Å²) < 4.78 is 0. The lowest BCUT2D eigenvalue weighted by Gasteiger charge is -2.37. The third kappa shape index (κ3) is 4.20. The standard InChI is InChI=1S/C16H30N2O/c1-12(2)18-8-5-14(6-9-18)10-13(3)15-4-7-17-16(19)11-15/h12-15H,4-11H2,1-3H3,(H,17,19). The number of nitrogens with zero attached hydrogens (tertiary/aromatic N) is 1. The number of nitrogens with one attached hydrogen (secondary N) is 1. The first-order valence-electron chi connectivity index (χ1n) is 8.07. The quantitative estimate of drug-likeness (QED) is 0.848. The van der Waals surface area contributed by atoms with Crippen molar-refractivity contribution < 1.29 is 4.79 Å². The van der Waals surface area contributed by atoms with Gasteiger partial charge in [0, 0.05) is 19.0 Å². The molecule has 0 radical (unpaired) electrons. The molecule has 2 rings (SSSR count). The molecule has 0 bridgehead atoms. The first-order chi connectivity index (χ1) is 9.06. The van der Waals surface area contributed by atoms with E-state index in [0.717, 1.165) is 18.9 Å². The molecule has 2 unspecified atom stereocenters. The van der Waals surface area contributed by atoms with E-state index in [2.05, 4.69) is 31.0 Å². The van der Waals surface area contributed by atoms with Gasteiger partial charge in [0.05, 0.1) is 0 Å². The average molecular weight is 266 g/mol. The van der Waals surface area contributed by atoms with Gasteiger partial charge in [-0.15, -0.1) is 0 Å². The molecule has 110 valence electrons. The minimum atomic E-state index is 0.262. The minimum absolute atomic E-state index is 0.262. The topological polar surface area (TPSA) is 32.3 Å². The molecule has 19 heavy (non-hydrogen) atoms. The van der Waals surface area contributed by atoms with Gasteiger partial charge >= 0.3 is 0 Å². The second-order valence-corrected chi connectivity index (χ2v) is 6.89. The number of carbonyl (C=O) groups is 1. The maximum Gasteiger partial charge on any atom is 0.220 e. The van der Waals surface area contributed by atoms with Crippen molar-refractivity contribution in [1.29, 1.82) is 0 Å². The van der Waals surface area contributed by atoms with Gasteiger partial charge in [0.2, 0.25) is 5.91 Å².